The molecule has 2 rings (SSSR count). The summed E-state index contributed by atoms with van der Waals surface area (Å²) in [5, 5.41) is 10.8. The highest BCUT2D eigenvalue weighted by Crippen LogP contribution is 2.30. The maximum absolute atomic E-state index is 10.7. The van der Waals surface area contributed by atoms with E-state index < -0.39 is 4.92 Å². The summed E-state index contributed by atoms with van der Waals surface area (Å²) in [5.74, 6) is 0.338. The molecule has 0 aliphatic carbocycles. The van der Waals surface area contributed by atoms with Gasteiger partial charge in [-0.1, -0.05) is 27.5 Å². The molecule has 0 saturated heterocycles. The van der Waals surface area contributed by atoms with Crippen LogP contribution in [-0.4, -0.2) is 14.9 Å². The van der Waals surface area contributed by atoms with Crippen LogP contribution in [0, 0.1) is 10.1 Å². The van der Waals surface area contributed by atoms with Crippen molar-refractivity contribution in [2.45, 2.75) is 0 Å². The summed E-state index contributed by atoms with van der Waals surface area (Å²) in [4.78, 5) is 17.8. The number of nitro benzene ring substituents is 1. The fourth-order valence-electron chi connectivity index (χ4n) is 1.20. The number of nitro groups is 1. The normalized spacial score (nSPS) is 10.1. The smallest absolute Gasteiger partial charge is 0.274 e. The van der Waals surface area contributed by atoms with Gasteiger partial charge in [0.15, 0.2) is 5.15 Å². The second-order valence-electron chi connectivity index (χ2n) is 3.16. The van der Waals surface area contributed by atoms with Crippen molar-refractivity contribution in [2.75, 3.05) is 0 Å². The van der Waals surface area contributed by atoms with Crippen molar-refractivity contribution < 1.29 is 9.66 Å². The highest BCUT2D eigenvalue weighted by atomic mass is 79.9. The number of benzene rings is 1. The van der Waals surface area contributed by atoms with Gasteiger partial charge in [0, 0.05) is 22.9 Å². The predicted octanol–water partition coefficient (Wildman–Crippen LogP) is 3.59. The second-order valence-corrected chi connectivity index (χ2v) is 4.43. The van der Waals surface area contributed by atoms with Crippen LogP contribution in [0.15, 0.2) is 35.1 Å². The molecule has 0 spiro atoms. The van der Waals surface area contributed by atoms with Crippen LogP contribution in [-0.2, 0) is 0 Å². The number of ether oxygens (including phenoxy) is 1. The molecular formula is C10H5BrClN3O3. The fraction of sp³-hybridized carbons (Fsp3) is 0. The van der Waals surface area contributed by atoms with Crippen LogP contribution in [0.2, 0.25) is 5.15 Å². The van der Waals surface area contributed by atoms with Crippen LogP contribution in [0.1, 0.15) is 0 Å². The van der Waals surface area contributed by atoms with E-state index in [1.165, 1.54) is 24.5 Å². The van der Waals surface area contributed by atoms with Crippen molar-refractivity contribution in [1.29, 1.82) is 0 Å². The first-order valence-corrected chi connectivity index (χ1v) is 5.82. The van der Waals surface area contributed by atoms with Gasteiger partial charge in [0.2, 0.25) is 0 Å². The van der Waals surface area contributed by atoms with Crippen LogP contribution < -0.4 is 4.74 Å². The molecule has 0 aliphatic heterocycles. The van der Waals surface area contributed by atoms with Crippen LogP contribution in [0.5, 0.6) is 11.6 Å². The Kier molecular flexibility index (Phi) is 3.73. The summed E-state index contributed by atoms with van der Waals surface area (Å²) < 4.78 is 5.86. The molecule has 0 amide bonds. The molecule has 2 aromatic rings. The zero-order valence-corrected chi connectivity index (χ0v) is 11.1. The second kappa shape index (κ2) is 5.28. The monoisotopic (exact) mass is 329 g/mol. The van der Waals surface area contributed by atoms with Gasteiger partial charge in [0.05, 0.1) is 11.0 Å². The largest absolute Gasteiger partial charge is 0.436 e. The Balaban J connectivity index is 2.35. The molecule has 6 nitrogen and oxygen atoms in total. The number of rotatable bonds is 3. The van der Waals surface area contributed by atoms with Gasteiger partial charge in [-0.3, -0.25) is 10.1 Å². The lowest BCUT2D eigenvalue weighted by atomic mass is 10.3. The fourth-order valence-corrected chi connectivity index (χ4v) is 1.80. The minimum atomic E-state index is -0.518. The molecule has 1 aromatic heterocycles. The Labute approximate surface area is 115 Å². The molecule has 8 heteroatoms. The van der Waals surface area contributed by atoms with E-state index in [1.807, 2.05) is 0 Å². The average molecular weight is 331 g/mol. The number of hydrogen-bond donors (Lipinski definition) is 0. The van der Waals surface area contributed by atoms with E-state index >= 15 is 0 Å². The number of aromatic nitrogens is 2. The zero-order valence-electron chi connectivity index (χ0n) is 8.71. The number of hydrogen-bond acceptors (Lipinski definition) is 5. The molecule has 0 unspecified atom stereocenters. The summed E-state index contributed by atoms with van der Waals surface area (Å²) in [7, 11) is 0. The van der Waals surface area contributed by atoms with E-state index in [4.69, 9.17) is 16.3 Å². The summed E-state index contributed by atoms with van der Waals surface area (Å²) in [5.41, 5.74) is -0.0978. The summed E-state index contributed by atoms with van der Waals surface area (Å²) in [6.07, 6.45) is 2.83. The topological polar surface area (TPSA) is 78.2 Å². The Hall–Kier alpha value is -1.73. The SMILES string of the molecule is O=[N+]([O-])c1cc(Br)cc(Oc2nccnc2Cl)c1. The number of halogens is 2. The zero-order chi connectivity index (χ0) is 13.1. The van der Waals surface area contributed by atoms with Crippen LogP contribution in [0.25, 0.3) is 0 Å². The van der Waals surface area contributed by atoms with Gasteiger partial charge in [-0.15, -0.1) is 0 Å². The number of non-ortho nitro benzene ring substituents is 1. The molecule has 0 radical (unpaired) electrons. The van der Waals surface area contributed by atoms with Crippen LogP contribution >= 0.6 is 27.5 Å². The van der Waals surface area contributed by atoms with Crippen molar-refractivity contribution >= 4 is 33.2 Å². The molecule has 0 atom stereocenters. The lowest BCUT2D eigenvalue weighted by molar-refractivity contribution is -0.385. The molecule has 0 fully saturated rings. The van der Waals surface area contributed by atoms with E-state index in [2.05, 4.69) is 25.9 Å². The number of nitrogens with zero attached hydrogens (tertiary/aromatic N) is 3. The standard InChI is InChI=1S/C10H5BrClN3O3/c11-6-3-7(15(16)17)5-8(4-6)18-10-9(12)13-1-2-14-10/h1-5H. The Morgan fingerprint density at radius 2 is 2.00 bits per heavy atom. The van der Waals surface area contributed by atoms with Gasteiger partial charge >= 0.3 is 0 Å². The molecule has 18 heavy (non-hydrogen) atoms. The first-order valence-electron chi connectivity index (χ1n) is 4.65. The van der Waals surface area contributed by atoms with Gasteiger partial charge in [0.25, 0.3) is 11.6 Å². The van der Waals surface area contributed by atoms with Crippen molar-refractivity contribution in [3.8, 4) is 11.6 Å². The summed E-state index contributed by atoms with van der Waals surface area (Å²) in [6.45, 7) is 0. The predicted molar refractivity (Wildman–Crippen MR) is 67.9 cm³/mol. The molecule has 92 valence electrons. The Bertz CT molecular complexity index is 609. The van der Waals surface area contributed by atoms with E-state index in [1.54, 1.807) is 6.07 Å². The van der Waals surface area contributed by atoms with E-state index in [0.717, 1.165) is 0 Å². The third kappa shape index (κ3) is 2.93. The van der Waals surface area contributed by atoms with Gasteiger partial charge < -0.3 is 4.74 Å². The molecule has 1 heterocycles. The van der Waals surface area contributed by atoms with Crippen molar-refractivity contribution in [2.24, 2.45) is 0 Å². The summed E-state index contributed by atoms with van der Waals surface area (Å²) in [6, 6.07) is 4.21. The first kappa shape index (κ1) is 12.7. The van der Waals surface area contributed by atoms with E-state index in [-0.39, 0.29) is 22.5 Å². The van der Waals surface area contributed by atoms with Gasteiger partial charge in [0.1, 0.15) is 5.75 Å². The summed E-state index contributed by atoms with van der Waals surface area (Å²) >= 11 is 8.93. The van der Waals surface area contributed by atoms with Crippen LogP contribution in [0.3, 0.4) is 0 Å². The quantitative estimate of drug-likeness (QED) is 0.635. The molecular weight excluding hydrogens is 325 g/mol. The van der Waals surface area contributed by atoms with Gasteiger partial charge in [-0.2, -0.15) is 0 Å². The molecule has 1 aromatic carbocycles. The lowest BCUT2D eigenvalue weighted by Gasteiger charge is -2.05. The van der Waals surface area contributed by atoms with E-state index in [0.29, 0.717) is 4.47 Å². The molecule has 0 aliphatic rings. The highest BCUT2D eigenvalue weighted by molar-refractivity contribution is 9.10. The molecule has 0 N–H and O–H groups in total. The van der Waals surface area contributed by atoms with Crippen molar-refractivity contribution in [3.63, 3.8) is 0 Å². The van der Waals surface area contributed by atoms with Gasteiger partial charge in [-0.05, 0) is 6.07 Å². The average Bonchev–Trinajstić information content (AvgIpc) is 2.31. The Morgan fingerprint density at radius 3 is 2.67 bits per heavy atom. The third-order valence-corrected chi connectivity index (χ3v) is 2.62. The maximum Gasteiger partial charge on any atom is 0.274 e. The van der Waals surface area contributed by atoms with Crippen molar-refractivity contribution in [1.82, 2.24) is 9.97 Å². The van der Waals surface area contributed by atoms with Crippen LogP contribution in [0.4, 0.5) is 5.69 Å². The molecule has 0 saturated carbocycles. The minimum Gasteiger partial charge on any atom is -0.436 e. The maximum atomic E-state index is 10.7. The third-order valence-electron chi connectivity index (χ3n) is 1.90. The Morgan fingerprint density at radius 1 is 1.28 bits per heavy atom. The van der Waals surface area contributed by atoms with E-state index in [9.17, 15) is 10.1 Å². The highest BCUT2D eigenvalue weighted by Gasteiger charge is 2.12. The molecule has 0 bridgehead atoms. The lowest BCUT2D eigenvalue weighted by Crippen LogP contribution is -1.93. The van der Waals surface area contributed by atoms with Gasteiger partial charge in [-0.25, -0.2) is 9.97 Å². The first-order chi connectivity index (χ1) is 8.56. The van der Waals surface area contributed by atoms with Crippen molar-refractivity contribution in [3.05, 3.63) is 50.3 Å². The minimum absolute atomic E-state index is 0.0835.